The van der Waals surface area contributed by atoms with Gasteiger partial charge >= 0.3 is 0 Å². The molecule has 21 heavy (non-hydrogen) atoms. The predicted molar refractivity (Wildman–Crippen MR) is 81.4 cm³/mol. The van der Waals surface area contributed by atoms with Crippen LogP contribution < -0.4 is 10.1 Å². The summed E-state index contributed by atoms with van der Waals surface area (Å²) in [5, 5.41) is 7.09. The number of nitrogens with zero attached hydrogens (tertiary/aromatic N) is 2. The van der Waals surface area contributed by atoms with Crippen molar-refractivity contribution < 1.29 is 9.53 Å². The third-order valence-electron chi connectivity index (χ3n) is 3.08. The summed E-state index contributed by atoms with van der Waals surface area (Å²) in [6.45, 7) is 7.04. The zero-order valence-corrected chi connectivity index (χ0v) is 12.7. The highest BCUT2D eigenvalue weighted by molar-refractivity contribution is 5.75. The van der Waals surface area contributed by atoms with Gasteiger partial charge in [0.05, 0.1) is 12.2 Å². The molecule has 1 aromatic carbocycles. The fourth-order valence-electron chi connectivity index (χ4n) is 2.09. The zero-order chi connectivity index (χ0) is 15.2. The molecule has 0 bridgehead atoms. The molecule has 0 atom stereocenters. The van der Waals surface area contributed by atoms with E-state index in [1.807, 2.05) is 51.1 Å². The van der Waals surface area contributed by atoms with Crippen molar-refractivity contribution in [1.82, 2.24) is 15.1 Å². The lowest BCUT2D eigenvalue weighted by atomic mass is 10.2. The number of aromatic nitrogens is 2. The number of carbonyl (C=O) groups is 1. The topological polar surface area (TPSA) is 56.1 Å². The summed E-state index contributed by atoms with van der Waals surface area (Å²) < 4.78 is 7.28. The van der Waals surface area contributed by atoms with Gasteiger partial charge in [-0.3, -0.25) is 9.48 Å². The number of amides is 1. The summed E-state index contributed by atoms with van der Waals surface area (Å²) in [4.78, 5) is 11.8. The van der Waals surface area contributed by atoms with Gasteiger partial charge in [-0.05, 0) is 44.5 Å². The Morgan fingerprint density at radius 2 is 2.10 bits per heavy atom. The number of benzene rings is 1. The van der Waals surface area contributed by atoms with Crippen molar-refractivity contribution in [1.29, 1.82) is 0 Å². The van der Waals surface area contributed by atoms with Gasteiger partial charge in [-0.2, -0.15) is 5.10 Å². The molecule has 0 unspecified atom stereocenters. The molecule has 2 aromatic rings. The van der Waals surface area contributed by atoms with E-state index in [-0.39, 0.29) is 12.5 Å². The first kappa shape index (κ1) is 15.1. The maximum Gasteiger partial charge on any atom is 0.241 e. The molecule has 112 valence electrons. The molecule has 0 saturated heterocycles. The molecule has 0 saturated carbocycles. The van der Waals surface area contributed by atoms with Gasteiger partial charge in [0.1, 0.15) is 18.9 Å². The van der Waals surface area contributed by atoms with Crippen LogP contribution in [0.25, 0.3) is 0 Å². The minimum atomic E-state index is -0.0611. The lowest BCUT2D eigenvalue weighted by Gasteiger charge is -2.09. The second-order valence-corrected chi connectivity index (χ2v) is 5.10. The average Bonchev–Trinajstić information content (AvgIpc) is 2.73. The highest BCUT2D eigenvalue weighted by atomic mass is 16.5. The van der Waals surface area contributed by atoms with E-state index in [9.17, 15) is 4.79 Å². The van der Waals surface area contributed by atoms with Crippen molar-refractivity contribution in [2.75, 3.05) is 13.2 Å². The standard InChI is InChI=1S/C16H21N3O2/c1-12-5-4-6-15(9-12)21-8-7-17-16(20)11-19-14(3)10-13(2)18-19/h4-6,9-10H,7-8,11H2,1-3H3,(H,17,20). The molecular weight excluding hydrogens is 266 g/mol. The highest BCUT2D eigenvalue weighted by Crippen LogP contribution is 2.11. The van der Waals surface area contributed by atoms with E-state index in [0.29, 0.717) is 13.2 Å². The molecule has 1 N–H and O–H groups in total. The predicted octanol–water partition coefficient (Wildman–Crippen LogP) is 2.00. The first-order chi connectivity index (χ1) is 10.0. The summed E-state index contributed by atoms with van der Waals surface area (Å²) in [5.41, 5.74) is 3.06. The van der Waals surface area contributed by atoms with E-state index in [1.54, 1.807) is 4.68 Å². The van der Waals surface area contributed by atoms with Crippen molar-refractivity contribution in [3.8, 4) is 5.75 Å². The first-order valence-corrected chi connectivity index (χ1v) is 7.02. The van der Waals surface area contributed by atoms with Crippen LogP contribution in [0.1, 0.15) is 17.0 Å². The van der Waals surface area contributed by atoms with Crippen LogP contribution in [0.15, 0.2) is 30.3 Å². The first-order valence-electron chi connectivity index (χ1n) is 7.02. The van der Waals surface area contributed by atoms with Gasteiger partial charge in [0.25, 0.3) is 0 Å². The second-order valence-electron chi connectivity index (χ2n) is 5.10. The second kappa shape index (κ2) is 6.92. The van der Waals surface area contributed by atoms with Crippen LogP contribution in [0.5, 0.6) is 5.75 Å². The molecule has 0 aliphatic carbocycles. The van der Waals surface area contributed by atoms with Crippen molar-refractivity contribution in [3.05, 3.63) is 47.3 Å². The Morgan fingerprint density at radius 3 is 2.76 bits per heavy atom. The van der Waals surface area contributed by atoms with Crippen molar-refractivity contribution >= 4 is 5.91 Å². The summed E-state index contributed by atoms with van der Waals surface area (Å²) in [6, 6.07) is 9.80. The van der Waals surface area contributed by atoms with Crippen molar-refractivity contribution in [3.63, 3.8) is 0 Å². The van der Waals surface area contributed by atoms with Gasteiger partial charge in [0.15, 0.2) is 0 Å². The van der Waals surface area contributed by atoms with Crippen LogP contribution in [-0.4, -0.2) is 28.8 Å². The number of hydrogen-bond donors (Lipinski definition) is 1. The van der Waals surface area contributed by atoms with Gasteiger partial charge in [-0.25, -0.2) is 0 Å². The van der Waals surface area contributed by atoms with Crippen molar-refractivity contribution in [2.45, 2.75) is 27.3 Å². The Morgan fingerprint density at radius 1 is 1.29 bits per heavy atom. The number of aryl methyl sites for hydroxylation is 3. The fourth-order valence-corrected chi connectivity index (χ4v) is 2.09. The molecule has 1 aromatic heterocycles. The minimum absolute atomic E-state index is 0.0611. The number of carbonyl (C=O) groups excluding carboxylic acids is 1. The van der Waals surface area contributed by atoms with Gasteiger partial charge in [0.2, 0.25) is 5.91 Å². The SMILES string of the molecule is Cc1cccc(OCCNC(=O)Cn2nc(C)cc2C)c1. The molecule has 5 nitrogen and oxygen atoms in total. The Kier molecular flexibility index (Phi) is 4.98. The molecular formula is C16H21N3O2. The average molecular weight is 287 g/mol. The van der Waals surface area contributed by atoms with Crippen LogP contribution in [0.2, 0.25) is 0 Å². The Bertz CT molecular complexity index is 620. The van der Waals surface area contributed by atoms with Gasteiger partial charge in [0, 0.05) is 5.69 Å². The molecule has 0 spiro atoms. The van der Waals surface area contributed by atoms with Gasteiger partial charge in [-0.15, -0.1) is 0 Å². The third kappa shape index (κ3) is 4.63. The number of nitrogens with one attached hydrogen (secondary N) is 1. The zero-order valence-electron chi connectivity index (χ0n) is 12.7. The summed E-state index contributed by atoms with van der Waals surface area (Å²) in [6.07, 6.45) is 0. The molecule has 1 amide bonds. The molecule has 0 fully saturated rings. The van der Waals surface area contributed by atoms with Crippen molar-refractivity contribution in [2.24, 2.45) is 0 Å². The van der Waals surface area contributed by atoms with Gasteiger partial charge < -0.3 is 10.1 Å². The number of ether oxygens (including phenoxy) is 1. The number of rotatable bonds is 6. The van der Waals surface area contributed by atoms with E-state index in [1.165, 1.54) is 0 Å². The summed E-state index contributed by atoms with van der Waals surface area (Å²) in [7, 11) is 0. The smallest absolute Gasteiger partial charge is 0.241 e. The maximum absolute atomic E-state index is 11.8. The lowest BCUT2D eigenvalue weighted by Crippen LogP contribution is -2.31. The largest absolute Gasteiger partial charge is 0.492 e. The summed E-state index contributed by atoms with van der Waals surface area (Å²) >= 11 is 0. The Hall–Kier alpha value is -2.30. The van der Waals surface area contributed by atoms with Crippen LogP contribution in [-0.2, 0) is 11.3 Å². The van der Waals surface area contributed by atoms with Crippen LogP contribution >= 0.6 is 0 Å². The molecule has 0 aliphatic rings. The van der Waals surface area contributed by atoms with Crippen LogP contribution in [0, 0.1) is 20.8 Å². The third-order valence-corrected chi connectivity index (χ3v) is 3.08. The van der Waals surface area contributed by atoms with Gasteiger partial charge in [-0.1, -0.05) is 12.1 Å². The lowest BCUT2D eigenvalue weighted by molar-refractivity contribution is -0.122. The minimum Gasteiger partial charge on any atom is -0.492 e. The molecule has 0 radical (unpaired) electrons. The Balaban J connectivity index is 1.71. The van der Waals surface area contributed by atoms with E-state index in [0.717, 1.165) is 22.7 Å². The van der Waals surface area contributed by atoms with E-state index in [4.69, 9.17) is 4.74 Å². The van der Waals surface area contributed by atoms with E-state index < -0.39 is 0 Å². The van der Waals surface area contributed by atoms with E-state index >= 15 is 0 Å². The van der Waals surface area contributed by atoms with Crippen LogP contribution in [0.3, 0.4) is 0 Å². The monoisotopic (exact) mass is 287 g/mol. The van der Waals surface area contributed by atoms with Crippen LogP contribution in [0.4, 0.5) is 0 Å². The molecule has 1 heterocycles. The quantitative estimate of drug-likeness (QED) is 0.827. The molecule has 0 aliphatic heterocycles. The fraction of sp³-hybridized carbons (Fsp3) is 0.375. The van der Waals surface area contributed by atoms with E-state index in [2.05, 4.69) is 10.4 Å². The highest BCUT2D eigenvalue weighted by Gasteiger charge is 2.06. The molecule has 2 rings (SSSR count). The summed E-state index contributed by atoms with van der Waals surface area (Å²) in [5.74, 6) is 0.761. The number of hydrogen-bond acceptors (Lipinski definition) is 3. The molecule has 5 heteroatoms. The normalized spacial score (nSPS) is 10.4. The Labute approximate surface area is 124 Å². The maximum atomic E-state index is 11.8.